The van der Waals surface area contributed by atoms with Gasteiger partial charge < -0.3 is 11.1 Å². The van der Waals surface area contributed by atoms with Gasteiger partial charge in [0, 0.05) is 17.1 Å². The Hall–Kier alpha value is -2.34. The molecule has 0 saturated heterocycles. The second kappa shape index (κ2) is 6.65. The summed E-state index contributed by atoms with van der Waals surface area (Å²) in [6.07, 6.45) is 0.912. The Balaban J connectivity index is 1.83. The van der Waals surface area contributed by atoms with Gasteiger partial charge in [0.15, 0.2) is 5.17 Å². The molecule has 0 bridgehead atoms. The number of nitrogens with one attached hydrogen (secondary N) is 1. The zero-order valence-corrected chi connectivity index (χ0v) is 14.6. The maximum atomic E-state index is 12.4. The highest BCUT2D eigenvalue weighted by atomic mass is 32.2. The Kier molecular flexibility index (Phi) is 4.57. The molecule has 1 atom stereocenters. The molecule has 124 valence electrons. The fourth-order valence-electron chi connectivity index (χ4n) is 2.69. The molecule has 1 aliphatic rings. The molecular formula is C18H20N4OS. The number of hydrogen-bond acceptors (Lipinski definition) is 5. The summed E-state index contributed by atoms with van der Waals surface area (Å²) in [6.45, 7) is 3.93. The highest BCUT2D eigenvalue weighted by Gasteiger charge is 2.29. The lowest BCUT2D eigenvalue weighted by Crippen LogP contribution is -2.28. The van der Waals surface area contributed by atoms with Gasteiger partial charge in [-0.2, -0.15) is 0 Å². The number of rotatable bonds is 3. The molecule has 0 aliphatic carbocycles. The first kappa shape index (κ1) is 16.5. The Morgan fingerprint density at radius 1 is 1.29 bits per heavy atom. The first-order valence-corrected chi connectivity index (χ1v) is 8.78. The van der Waals surface area contributed by atoms with Crippen LogP contribution in [0.2, 0.25) is 0 Å². The van der Waals surface area contributed by atoms with Gasteiger partial charge in [-0.15, -0.1) is 0 Å². The fourth-order valence-corrected chi connectivity index (χ4v) is 3.67. The molecule has 6 heteroatoms. The molecule has 0 fully saturated rings. The van der Waals surface area contributed by atoms with Crippen LogP contribution in [0.25, 0.3) is 0 Å². The lowest BCUT2D eigenvalue weighted by molar-refractivity contribution is 0.102. The van der Waals surface area contributed by atoms with Crippen LogP contribution in [-0.2, 0) is 5.54 Å². The molecule has 1 aromatic carbocycles. The molecule has 3 N–H and O–H groups in total. The summed E-state index contributed by atoms with van der Waals surface area (Å²) in [5.41, 5.74) is 8.53. The minimum absolute atomic E-state index is 0.219. The molecule has 2 aromatic rings. The van der Waals surface area contributed by atoms with Crippen molar-refractivity contribution in [3.05, 3.63) is 59.4 Å². The number of pyridine rings is 1. The summed E-state index contributed by atoms with van der Waals surface area (Å²) in [6, 6.07) is 13.2. The number of carbonyl (C=O) groups excluding carboxylic acids is 1. The normalized spacial score (nSPS) is 20.3. The van der Waals surface area contributed by atoms with Crippen molar-refractivity contribution in [2.75, 3.05) is 11.1 Å². The van der Waals surface area contributed by atoms with Gasteiger partial charge in [0.25, 0.3) is 5.91 Å². The van der Waals surface area contributed by atoms with Crippen LogP contribution in [0.4, 0.5) is 5.69 Å². The van der Waals surface area contributed by atoms with E-state index in [1.54, 1.807) is 17.8 Å². The SMILES string of the molecule is Cc1cccc(C(=O)Nc2cccc(C3(C)CCSC(N)=N3)c2)n1. The number of aromatic nitrogens is 1. The van der Waals surface area contributed by atoms with Crippen molar-refractivity contribution in [1.29, 1.82) is 0 Å². The quantitative estimate of drug-likeness (QED) is 0.898. The molecule has 2 heterocycles. The first-order valence-electron chi connectivity index (χ1n) is 7.80. The second-order valence-corrected chi connectivity index (χ2v) is 7.14. The van der Waals surface area contributed by atoms with Crippen molar-refractivity contribution in [1.82, 2.24) is 4.98 Å². The van der Waals surface area contributed by atoms with Crippen LogP contribution in [0.1, 0.15) is 35.1 Å². The van der Waals surface area contributed by atoms with Gasteiger partial charge in [0.05, 0.1) is 5.54 Å². The van der Waals surface area contributed by atoms with Gasteiger partial charge in [-0.3, -0.25) is 9.79 Å². The molecule has 24 heavy (non-hydrogen) atoms. The van der Waals surface area contributed by atoms with Gasteiger partial charge in [0.1, 0.15) is 5.69 Å². The number of thioether (sulfide) groups is 1. The van der Waals surface area contributed by atoms with Crippen LogP contribution in [0, 0.1) is 6.92 Å². The summed E-state index contributed by atoms with van der Waals surface area (Å²) >= 11 is 1.58. The largest absolute Gasteiger partial charge is 0.379 e. The van der Waals surface area contributed by atoms with E-state index in [0.717, 1.165) is 29.1 Å². The van der Waals surface area contributed by atoms with Crippen molar-refractivity contribution in [3.63, 3.8) is 0 Å². The van der Waals surface area contributed by atoms with Crippen molar-refractivity contribution < 1.29 is 4.79 Å². The number of benzene rings is 1. The van der Waals surface area contributed by atoms with Crippen LogP contribution in [-0.4, -0.2) is 21.8 Å². The first-order chi connectivity index (χ1) is 11.5. The van der Waals surface area contributed by atoms with Crippen LogP contribution in [0.3, 0.4) is 0 Å². The van der Waals surface area contributed by atoms with Gasteiger partial charge in [-0.1, -0.05) is 30.0 Å². The number of nitrogens with zero attached hydrogens (tertiary/aromatic N) is 2. The third-order valence-corrected chi connectivity index (χ3v) is 4.85. The van der Waals surface area contributed by atoms with E-state index in [1.165, 1.54) is 0 Å². The van der Waals surface area contributed by atoms with Gasteiger partial charge in [0.2, 0.25) is 0 Å². The Bertz CT molecular complexity index is 805. The number of anilines is 1. The topological polar surface area (TPSA) is 80.4 Å². The summed E-state index contributed by atoms with van der Waals surface area (Å²) in [7, 11) is 0. The molecule has 5 nitrogen and oxygen atoms in total. The third kappa shape index (κ3) is 3.59. The fraction of sp³-hybridized carbons (Fsp3) is 0.278. The average molecular weight is 340 g/mol. The molecule has 1 aromatic heterocycles. The summed E-state index contributed by atoms with van der Waals surface area (Å²) < 4.78 is 0. The summed E-state index contributed by atoms with van der Waals surface area (Å²) in [4.78, 5) is 21.2. The second-order valence-electron chi connectivity index (χ2n) is 6.02. The zero-order valence-electron chi connectivity index (χ0n) is 13.7. The molecule has 0 spiro atoms. The molecule has 1 amide bonds. The number of hydrogen-bond donors (Lipinski definition) is 2. The number of amidine groups is 1. The van der Waals surface area contributed by atoms with Crippen molar-refractivity contribution in [2.45, 2.75) is 25.8 Å². The molecule has 0 saturated carbocycles. The Morgan fingerprint density at radius 2 is 2.08 bits per heavy atom. The average Bonchev–Trinajstić information content (AvgIpc) is 2.55. The van der Waals surface area contributed by atoms with Gasteiger partial charge >= 0.3 is 0 Å². The molecule has 3 rings (SSSR count). The summed E-state index contributed by atoms with van der Waals surface area (Å²) in [5, 5.41) is 3.52. The third-order valence-electron chi connectivity index (χ3n) is 4.06. The van der Waals surface area contributed by atoms with Crippen molar-refractivity contribution >= 4 is 28.5 Å². The predicted molar refractivity (Wildman–Crippen MR) is 99.4 cm³/mol. The predicted octanol–water partition coefficient (Wildman–Crippen LogP) is 3.31. The van der Waals surface area contributed by atoms with E-state index in [2.05, 4.69) is 22.2 Å². The van der Waals surface area contributed by atoms with E-state index in [0.29, 0.717) is 10.9 Å². The van der Waals surface area contributed by atoms with Gasteiger partial charge in [-0.05, 0) is 50.1 Å². The van der Waals surface area contributed by atoms with E-state index < -0.39 is 0 Å². The van der Waals surface area contributed by atoms with Crippen LogP contribution in [0.5, 0.6) is 0 Å². The smallest absolute Gasteiger partial charge is 0.274 e. The number of carbonyl (C=O) groups is 1. The van der Waals surface area contributed by atoms with E-state index in [-0.39, 0.29) is 11.4 Å². The van der Waals surface area contributed by atoms with Crippen molar-refractivity contribution in [3.8, 4) is 0 Å². The minimum Gasteiger partial charge on any atom is -0.379 e. The van der Waals surface area contributed by atoms with E-state index in [4.69, 9.17) is 5.73 Å². The summed E-state index contributed by atoms with van der Waals surface area (Å²) in [5.74, 6) is 0.721. The monoisotopic (exact) mass is 340 g/mol. The van der Waals surface area contributed by atoms with E-state index in [1.807, 2.05) is 43.3 Å². The zero-order chi connectivity index (χ0) is 17.2. The van der Waals surface area contributed by atoms with Crippen LogP contribution < -0.4 is 11.1 Å². The highest BCUT2D eigenvalue weighted by Crippen LogP contribution is 2.35. The Morgan fingerprint density at radius 3 is 2.83 bits per heavy atom. The van der Waals surface area contributed by atoms with E-state index >= 15 is 0 Å². The number of aryl methyl sites for hydroxylation is 1. The molecule has 1 aliphatic heterocycles. The Labute approximate surface area is 145 Å². The highest BCUT2D eigenvalue weighted by molar-refractivity contribution is 8.13. The maximum Gasteiger partial charge on any atom is 0.274 e. The molecular weight excluding hydrogens is 320 g/mol. The number of amides is 1. The number of aliphatic imine (C=N–C) groups is 1. The minimum atomic E-state index is -0.350. The van der Waals surface area contributed by atoms with Crippen LogP contribution in [0.15, 0.2) is 47.5 Å². The lowest BCUT2D eigenvalue weighted by Gasteiger charge is -2.30. The maximum absolute atomic E-state index is 12.4. The molecule has 1 unspecified atom stereocenters. The van der Waals surface area contributed by atoms with Gasteiger partial charge in [-0.25, -0.2) is 4.98 Å². The number of nitrogens with two attached hydrogens (primary N) is 1. The standard InChI is InChI=1S/C18H20N4OS/c1-12-5-3-8-15(20-12)16(23)21-14-7-4-6-13(11-14)18(2)9-10-24-17(19)22-18/h3-8,11H,9-10H2,1-2H3,(H2,19,22)(H,21,23). The molecule has 0 radical (unpaired) electrons. The lowest BCUT2D eigenvalue weighted by atomic mass is 9.89. The van der Waals surface area contributed by atoms with Crippen LogP contribution >= 0.6 is 11.8 Å². The van der Waals surface area contributed by atoms with E-state index in [9.17, 15) is 4.79 Å². The van der Waals surface area contributed by atoms with Crippen molar-refractivity contribution in [2.24, 2.45) is 10.7 Å².